The third-order valence-electron chi connectivity index (χ3n) is 3.41. The molecule has 0 N–H and O–H groups in total. The lowest BCUT2D eigenvalue weighted by Crippen LogP contribution is -2.29. The van der Waals surface area contributed by atoms with E-state index < -0.39 is 0 Å². The van der Waals surface area contributed by atoms with Crippen molar-refractivity contribution in [3.63, 3.8) is 0 Å². The van der Waals surface area contributed by atoms with Gasteiger partial charge in [0.25, 0.3) is 11.8 Å². The molecule has 0 saturated carbocycles. The van der Waals surface area contributed by atoms with Crippen molar-refractivity contribution < 1.29 is 9.59 Å². The summed E-state index contributed by atoms with van der Waals surface area (Å²) in [5, 5.41) is 0.562. The van der Waals surface area contributed by atoms with E-state index in [-0.39, 0.29) is 18.4 Å². The second kappa shape index (κ2) is 4.76. The Morgan fingerprint density at radius 2 is 1.60 bits per heavy atom. The normalized spacial score (nSPS) is 13.8. The van der Waals surface area contributed by atoms with E-state index in [1.165, 1.54) is 4.90 Å². The van der Waals surface area contributed by atoms with Crippen LogP contribution in [0.5, 0.6) is 0 Å². The number of hydrogen-bond acceptors (Lipinski definition) is 2. The molecule has 1 heterocycles. The second-order valence-corrected chi connectivity index (χ2v) is 5.24. The molecular weight excluding hydrogens is 274 g/mol. The molecule has 2 aromatic rings. The lowest BCUT2D eigenvalue weighted by atomic mass is 10.1. The van der Waals surface area contributed by atoms with E-state index in [2.05, 4.69) is 0 Å². The van der Waals surface area contributed by atoms with Gasteiger partial charge in [-0.2, -0.15) is 0 Å². The molecule has 20 heavy (non-hydrogen) atoms. The molecule has 1 aliphatic heterocycles. The summed E-state index contributed by atoms with van der Waals surface area (Å²) in [6.45, 7) is 2.15. The van der Waals surface area contributed by atoms with Crippen LogP contribution in [-0.2, 0) is 6.54 Å². The molecule has 3 nitrogen and oxygen atoms in total. The summed E-state index contributed by atoms with van der Waals surface area (Å²) in [6, 6.07) is 12.4. The van der Waals surface area contributed by atoms with E-state index in [4.69, 9.17) is 11.6 Å². The Morgan fingerprint density at radius 1 is 1.00 bits per heavy atom. The number of benzene rings is 2. The first-order valence-corrected chi connectivity index (χ1v) is 6.66. The molecule has 0 aliphatic carbocycles. The predicted molar refractivity (Wildman–Crippen MR) is 76.8 cm³/mol. The Morgan fingerprint density at radius 3 is 2.20 bits per heavy atom. The molecule has 1 aliphatic rings. The molecule has 2 aromatic carbocycles. The number of hydrogen-bond donors (Lipinski definition) is 0. The zero-order chi connectivity index (χ0) is 14.3. The zero-order valence-corrected chi connectivity index (χ0v) is 11.6. The summed E-state index contributed by atoms with van der Waals surface area (Å²) in [5.74, 6) is -0.522. The van der Waals surface area contributed by atoms with Crippen molar-refractivity contribution in [1.29, 1.82) is 0 Å². The zero-order valence-electron chi connectivity index (χ0n) is 10.9. The van der Waals surface area contributed by atoms with Gasteiger partial charge >= 0.3 is 0 Å². The lowest BCUT2D eigenvalue weighted by molar-refractivity contribution is 0.0642. The number of halogens is 1. The number of carbonyl (C=O) groups excluding carboxylic acids is 2. The average Bonchev–Trinajstić information content (AvgIpc) is 2.68. The first-order valence-electron chi connectivity index (χ1n) is 6.28. The van der Waals surface area contributed by atoms with Crippen molar-refractivity contribution in [1.82, 2.24) is 4.90 Å². The molecule has 3 rings (SSSR count). The fraction of sp³-hybridized carbons (Fsp3) is 0.125. The Labute approximate surface area is 121 Å². The summed E-state index contributed by atoms with van der Waals surface area (Å²) in [7, 11) is 0. The van der Waals surface area contributed by atoms with Gasteiger partial charge in [0.1, 0.15) is 0 Å². The van der Waals surface area contributed by atoms with Crippen LogP contribution in [0.25, 0.3) is 0 Å². The maximum absolute atomic E-state index is 12.3. The SMILES string of the molecule is Cc1ccc(Cl)c(CN2C(=O)c3ccccc3C2=O)c1. The maximum atomic E-state index is 12.3. The van der Waals surface area contributed by atoms with Crippen LogP contribution in [-0.4, -0.2) is 16.7 Å². The number of fused-ring (bicyclic) bond motifs is 1. The maximum Gasteiger partial charge on any atom is 0.261 e. The largest absolute Gasteiger partial charge is 0.270 e. The topological polar surface area (TPSA) is 37.4 Å². The molecule has 0 unspecified atom stereocenters. The molecule has 0 radical (unpaired) electrons. The summed E-state index contributed by atoms with van der Waals surface area (Å²) in [6.07, 6.45) is 0. The Balaban J connectivity index is 1.96. The van der Waals surface area contributed by atoms with Gasteiger partial charge in [-0.1, -0.05) is 41.4 Å². The van der Waals surface area contributed by atoms with Crippen LogP contribution < -0.4 is 0 Å². The van der Waals surface area contributed by atoms with Crippen LogP contribution in [0, 0.1) is 6.92 Å². The van der Waals surface area contributed by atoms with Crippen molar-refractivity contribution >= 4 is 23.4 Å². The van der Waals surface area contributed by atoms with Gasteiger partial charge in [0, 0.05) is 5.02 Å². The first kappa shape index (κ1) is 12.9. The Bertz CT molecular complexity index is 689. The van der Waals surface area contributed by atoms with Gasteiger partial charge in [-0.15, -0.1) is 0 Å². The number of rotatable bonds is 2. The monoisotopic (exact) mass is 285 g/mol. The smallest absolute Gasteiger partial charge is 0.261 e. The van der Waals surface area contributed by atoms with Gasteiger partial charge in [-0.3, -0.25) is 14.5 Å². The van der Waals surface area contributed by atoms with E-state index in [0.717, 1.165) is 11.1 Å². The Hall–Kier alpha value is -2.13. The quantitative estimate of drug-likeness (QED) is 0.793. The highest BCUT2D eigenvalue weighted by Gasteiger charge is 2.35. The van der Waals surface area contributed by atoms with Crippen molar-refractivity contribution in [2.45, 2.75) is 13.5 Å². The van der Waals surface area contributed by atoms with Gasteiger partial charge in [-0.25, -0.2) is 0 Å². The van der Waals surface area contributed by atoms with Gasteiger partial charge in [-0.05, 0) is 30.7 Å². The van der Waals surface area contributed by atoms with Crippen molar-refractivity contribution in [2.75, 3.05) is 0 Å². The van der Waals surface area contributed by atoms with E-state index in [9.17, 15) is 9.59 Å². The number of nitrogens with zero attached hydrogens (tertiary/aromatic N) is 1. The molecule has 2 amide bonds. The summed E-state index contributed by atoms with van der Waals surface area (Å²) < 4.78 is 0. The third kappa shape index (κ3) is 2.00. The molecule has 0 spiro atoms. The van der Waals surface area contributed by atoms with Crippen molar-refractivity contribution in [3.8, 4) is 0 Å². The van der Waals surface area contributed by atoms with Crippen LogP contribution in [0.15, 0.2) is 42.5 Å². The molecule has 4 heteroatoms. The number of carbonyl (C=O) groups is 2. The minimum absolute atomic E-state index is 0.201. The van der Waals surface area contributed by atoms with Gasteiger partial charge in [0.05, 0.1) is 17.7 Å². The van der Waals surface area contributed by atoms with E-state index in [0.29, 0.717) is 16.1 Å². The standard InChI is InChI=1S/C16H12ClNO2/c1-10-6-7-14(17)11(8-10)9-18-15(19)12-4-2-3-5-13(12)16(18)20/h2-8H,9H2,1H3. The number of aryl methyl sites for hydroxylation is 1. The van der Waals surface area contributed by atoms with Crippen LogP contribution in [0.3, 0.4) is 0 Å². The van der Waals surface area contributed by atoms with Crippen LogP contribution >= 0.6 is 11.6 Å². The van der Waals surface area contributed by atoms with Crippen molar-refractivity contribution in [2.24, 2.45) is 0 Å². The summed E-state index contributed by atoms with van der Waals surface area (Å²) in [5.41, 5.74) is 2.74. The fourth-order valence-electron chi connectivity index (χ4n) is 2.38. The highest BCUT2D eigenvalue weighted by atomic mass is 35.5. The second-order valence-electron chi connectivity index (χ2n) is 4.84. The minimum Gasteiger partial charge on any atom is -0.270 e. The van der Waals surface area contributed by atoms with E-state index in [1.54, 1.807) is 30.3 Å². The highest BCUT2D eigenvalue weighted by Crippen LogP contribution is 2.26. The fourth-order valence-corrected chi connectivity index (χ4v) is 2.56. The molecule has 0 bridgehead atoms. The molecule has 0 aromatic heterocycles. The lowest BCUT2D eigenvalue weighted by Gasteiger charge is -2.15. The van der Waals surface area contributed by atoms with Gasteiger partial charge in [0.2, 0.25) is 0 Å². The molecular formula is C16H12ClNO2. The van der Waals surface area contributed by atoms with E-state index in [1.807, 2.05) is 19.1 Å². The van der Waals surface area contributed by atoms with E-state index >= 15 is 0 Å². The molecule has 0 saturated heterocycles. The predicted octanol–water partition coefficient (Wildman–Crippen LogP) is 3.44. The van der Waals surface area contributed by atoms with Crippen molar-refractivity contribution in [3.05, 3.63) is 69.7 Å². The number of amides is 2. The minimum atomic E-state index is -0.261. The van der Waals surface area contributed by atoms with Crippen LogP contribution in [0.2, 0.25) is 5.02 Å². The highest BCUT2D eigenvalue weighted by molar-refractivity contribution is 6.31. The van der Waals surface area contributed by atoms with Crippen LogP contribution in [0.4, 0.5) is 0 Å². The number of imide groups is 1. The first-order chi connectivity index (χ1) is 9.58. The third-order valence-corrected chi connectivity index (χ3v) is 3.78. The molecule has 0 atom stereocenters. The summed E-state index contributed by atoms with van der Waals surface area (Å²) in [4.78, 5) is 25.8. The van der Waals surface area contributed by atoms with Crippen LogP contribution in [0.1, 0.15) is 31.8 Å². The van der Waals surface area contributed by atoms with Gasteiger partial charge < -0.3 is 0 Å². The molecule has 100 valence electrons. The Kier molecular flexibility index (Phi) is 3.07. The summed E-state index contributed by atoms with van der Waals surface area (Å²) >= 11 is 6.13. The average molecular weight is 286 g/mol. The molecule has 0 fully saturated rings. The van der Waals surface area contributed by atoms with Gasteiger partial charge in [0.15, 0.2) is 0 Å².